The van der Waals surface area contributed by atoms with E-state index in [1.54, 1.807) is 24.4 Å². The summed E-state index contributed by atoms with van der Waals surface area (Å²) in [4.78, 5) is 17.8. The summed E-state index contributed by atoms with van der Waals surface area (Å²) < 4.78 is 18.9. The highest BCUT2D eigenvalue weighted by Crippen LogP contribution is 2.24. The molecule has 0 atom stereocenters. The van der Waals surface area contributed by atoms with Crippen LogP contribution in [0.25, 0.3) is 22.2 Å². The Bertz CT molecular complexity index is 1530. The molecule has 1 N–H and O–H groups in total. The van der Waals surface area contributed by atoms with Crippen molar-refractivity contribution in [3.8, 4) is 17.0 Å². The van der Waals surface area contributed by atoms with Gasteiger partial charge in [-0.2, -0.15) is 5.10 Å². The molecule has 4 aromatic carbocycles. The zero-order chi connectivity index (χ0) is 24.7. The number of rotatable bonds is 7. The van der Waals surface area contributed by atoms with E-state index in [0.29, 0.717) is 17.9 Å². The maximum Gasteiger partial charge on any atom is 0.272 e. The molecule has 0 fully saturated rings. The predicted octanol–water partition coefficient (Wildman–Crippen LogP) is 6.38. The van der Waals surface area contributed by atoms with Crippen LogP contribution in [0.4, 0.5) is 4.39 Å². The van der Waals surface area contributed by atoms with Crippen LogP contribution < -0.4 is 10.2 Å². The Balaban J connectivity index is 1.31. The molecule has 5 rings (SSSR count). The summed E-state index contributed by atoms with van der Waals surface area (Å²) in [7, 11) is 0. The molecular weight excluding hydrogens is 453 g/mol. The number of benzene rings is 4. The maximum absolute atomic E-state index is 13.1. The number of amides is 1. The fraction of sp³-hybridized carbons (Fsp3) is 0.0333. The molecule has 0 saturated heterocycles. The summed E-state index contributed by atoms with van der Waals surface area (Å²) in [6.45, 7) is 0.316. The minimum Gasteiger partial charge on any atom is -0.489 e. The van der Waals surface area contributed by atoms with Crippen molar-refractivity contribution < 1.29 is 13.9 Å². The van der Waals surface area contributed by atoms with Crippen LogP contribution >= 0.6 is 0 Å². The molecule has 0 aliphatic carbocycles. The van der Waals surface area contributed by atoms with Crippen LogP contribution in [0.3, 0.4) is 0 Å². The standard InChI is InChI=1S/C30H22FN3O2/c31-24-15-13-21(14-16-24)20-36-25-10-6-7-22(17-25)19-32-34-30(35)27-18-29(23-8-2-1-3-9-23)33-28-12-5-4-11-26(27)28/h1-19H,20H2,(H,34,35)/b32-19-. The second-order valence-electron chi connectivity index (χ2n) is 8.12. The number of para-hydroxylation sites is 1. The van der Waals surface area contributed by atoms with Crippen LogP contribution in [-0.4, -0.2) is 17.1 Å². The minimum absolute atomic E-state index is 0.282. The lowest BCUT2D eigenvalue weighted by Crippen LogP contribution is -2.18. The first-order chi connectivity index (χ1) is 17.7. The van der Waals surface area contributed by atoms with Crippen molar-refractivity contribution in [2.45, 2.75) is 6.61 Å². The molecule has 1 amide bonds. The molecule has 0 spiro atoms. The summed E-state index contributed by atoms with van der Waals surface area (Å²) in [5.74, 6) is 0.0306. The summed E-state index contributed by atoms with van der Waals surface area (Å²) >= 11 is 0. The lowest BCUT2D eigenvalue weighted by Gasteiger charge is -2.09. The average molecular weight is 476 g/mol. The van der Waals surface area contributed by atoms with Gasteiger partial charge in [0.15, 0.2) is 0 Å². The van der Waals surface area contributed by atoms with Crippen LogP contribution in [0.2, 0.25) is 0 Å². The fourth-order valence-electron chi connectivity index (χ4n) is 3.78. The second-order valence-corrected chi connectivity index (χ2v) is 8.12. The highest BCUT2D eigenvalue weighted by atomic mass is 19.1. The number of hydrogen-bond donors (Lipinski definition) is 1. The van der Waals surface area contributed by atoms with Gasteiger partial charge in [-0.25, -0.2) is 14.8 Å². The third-order valence-electron chi connectivity index (χ3n) is 5.59. The first-order valence-corrected chi connectivity index (χ1v) is 11.4. The van der Waals surface area contributed by atoms with Gasteiger partial charge in [-0.3, -0.25) is 4.79 Å². The lowest BCUT2D eigenvalue weighted by atomic mass is 10.0. The van der Waals surface area contributed by atoms with Crippen molar-refractivity contribution in [2.75, 3.05) is 0 Å². The van der Waals surface area contributed by atoms with Crippen molar-refractivity contribution in [3.63, 3.8) is 0 Å². The molecule has 36 heavy (non-hydrogen) atoms. The van der Waals surface area contributed by atoms with Crippen molar-refractivity contribution in [1.82, 2.24) is 10.4 Å². The van der Waals surface area contributed by atoms with Gasteiger partial charge in [0.2, 0.25) is 0 Å². The largest absolute Gasteiger partial charge is 0.489 e. The van der Waals surface area contributed by atoms with E-state index >= 15 is 0 Å². The zero-order valence-corrected chi connectivity index (χ0v) is 19.3. The second kappa shape index (κ2) is 10.6. The van der Waals surface area contributed by atoms with Crippen molar-refractivity contribution >= 4 is 23.0 Å². The predicted molar refractivity (Wildman–Crippen MR) is 139 cm³/mol. The van der Waals surface area contributed by atoms with Gasteiger partial charge in [-0.1, -0.05) is 72.8 Å². The lowest BCUT2D eigenvalue weighted by molar-refractivity contribution is 0.0956. The molecule has 6 heteroatoms. The Morgan fingerprint density at radius 3 is 2.50 bits per heavy atom. The van der Waals surface area contributed by atoms with Gasteiger partial charge in [0, 0.05) is 10.9 Å². The molecule has 1 aromatic heterocycles. The molecule has 0 radical (unpaired) electrons. The van der Waals surface area contributed by atoms with Gasteiger partial charge in [-0.15, -0.1) is 0 Å². The van der Waals surface area contributed by atoms with Crippen molar-refractivity contribution in [3.05, 3.63) is 132 Å². The number of nitrogens with one attached hydrogen (secondary N) is 1. The van der Waals surface area contributed by atoms with E-state index in [2.05, 4.69) is 10.5 Å². The van der Waals surface area contributed by atoms with Gasteiger partial charge in [-0.05, 0) is 47.5 Å². The highest BCUT2D eigenvalue weighted by Gasteiger charge is 2.13. The van der Waals surface area contributed by atoms with Crippen molar-refractivity contribution in [2.24, 2.45) is 5.10 Å². The molecule has 176 valence electrons. The van der Waals surface area contributed by atoms with Gasteiger partial charge < -0.3 is 4.74 Å². The number of hydrogen-bond acceptors (Lipinski definition) is 4. The number of hydrazone groups is 1. The van der Waals surface area contributed by atoms with E-state index in [0.717, 1.165) is 33.3 Å². The Morgan fingerprint density at radius 1 is 0.889 bits per heavy atom. The van der Waals surface area contributed by atoms with Crippen LogP contribution in [0, 0.1) is 5.82 Å². The van der Waals surface area contributed by atoms with Crippen LogP contribution in [0.15, 0.2) is 114 Å². The third kappa shape index (κ3) is 5.45. The SMILES string of the molecule is O=C(N/N=C\c1cccc(OCc2ccc(F)cc2)c1)c1cc(-c2ccccc2)nc2ccccc12. The Hall–Kier alpha value is -4.84. The topological polar surface area (TPSA) is 63.6 Å². The molecule has 0 saturated carbocycles. The first-order valence-electron chi connectivity index (χ1n) is 11.4. The van der Waals surface area contributed by atoms with Crippen LogP contribution in [-0.2, 0) is 6.61 Å². The number of ether oxygens (including phenoxy) is 1. The molecule has 5 nitrogen and oxygen atoms in total. The number of fused-ring (bicyclic) bond motifs is 1. The highest BCUT2D eigenvalue weighted by molar-refractivity contribution is 6.07. The molecule has 1 heterocycles. The van der Waals surface area contributed by atoms with E-state index < -0.39 is 0 Å². The average Bonchev–Trinajstić information content (AvgIpc) is 2.93. The number of carbonyl (C=O) groups excluding carboxylic acids is 1. The first kappa shape index (κ1) is 22.9. The third-order valence-corrected chi connectivity index (χ3v) is 5.59. The number of carbonyl (C=O) groups is 1. The van der Waals surface area contributed by atoms with Crippen LogP contribution in [0.1, 0.15) is 21.5 Å². The van der Waals surface area contributed by atoms with Crippen LogP contribution in [0.5, 0.6) is 5.75 Å². The van der Waals surface area contributed by atoms with E-state index in [4.69, 9.17) is 9.72 Å². The Kier molecular flexibility index (Phi) is 6.76. The van der Waals surface area contributed by atoms with Gasteiger partial charge in [0.25, 0.3) is 5.91 Å². The summed E-state index contributed by atoms with van der Waals surface area (Å²) in [6, 6.07) is 32.6. The Labute approximate surface area is 207 Å². The maximum atomic E-state index is 13.1. The zero-order valence-electron chi connectivity index (χ0n) is 19.3. The minimum atomic E-state index is -0.328. The number of halogens is 1. The van der Waals surface area contributed by atoms with Gasteiger partial charge in [0.05, 0.1) is 23.0 Å². The monoisotopic (exact) mass is 475 g/mol. The molecule has 0 aliphatic rings. The quantitative estimate of drug-likeness (QED) is 0.219. The summed E-state index contributed by atoms with van der Waals surface area (Å²) in [5, 5.41) is 4.91. The van der Waals surface area contributed by atoms with E-state index in [-0.39, 0.29) is 11.7 Å². The number of nitrogens with zero attached hydrogens (tertiary/aromatic N) is 2. The van der Waals surface area contributed by atoms with Gasteiger partial charge >= 0.3 is 0 Å². The smallest absolute Gasteiger partial charge is 0.272 e. The summed E-state index contributed by atoms with van der Waals surface area (Å²) in [5.41, 5.74) is 7.13. The number of aromatic nitrogens is 1. The molecule has 0 aliphatic heterocycles. The van der Waals surface area contributed by atoms with E-state index in [1.165, 1.54) is 12.1 Å². The Morgan fingerprint density at radius 2 is 1.67 bits per heavy atom. The molecule has 0 unspecified atom stereocenters. The molecule has 0 bridgehead atoms. The number of pyridine rings is 1. The van der Waals surface area contributed by atoms with Gasteiger partial charge in [0.1, 0.15) is 18.2 Å². The van der Waals surface area contributed by atoms with E-state index in [9.17, 15) is 9.18 Å². The normalized spacial score (nSPS) is 11.0. The molecular formula is C30H22FN3O2. The summed E-state index contributed by atoms with van der Waals surface area (Å²) in [6.07, 6.45) is 1.56. The fourth-order valence-corrected chi connectivity index (χ4v) is 3.78. The molecule has 5 aromatic rings. The van der Waals surface area contributed by atoms with Crippen molar-refractivity contribution in [1.29, 1.82) is 0 Å². The van der Waals surface area contributed by atoms with E-state index in [1.807, 2.05) is 78.9 Å².